The lowest BCUT2D eigenvalue weighted by atomic mass is 10.3. The number of alkyl halides is 1. The van der Waals surface area contributed by atoms with Crippen molar-refractivity contribution < 1.29 is 13.2 Å². The van der Waals surface area contributed by atoms with E-state index in [9.17, 15) is 8.42 Å². The summed E-state index contributed by atoms with van der Waals surface area (Å²) in [6, 6.07) is 0. The van der Waals surface area contributed by atoms with E-state index in [4.69, 9.17) is 4.74 Å². The van der Waals surface area contributed by atoms with Crippen molar-refractivity contribution in [3.05, 3.63) is 0 Å². The van der Waals surface area contributed by atoms with Crippen LogP contribution in [0, 0.1) is 0 Å². The van der Waals surface area contributed by atoms with Gasteiger partial charge in [0.25, 0.3) is 0 Å². The van der Waals surface area contributed by atoms with Gasteiger partial charge in [-0.05, 0) is 6.42 Å². The molecule has 0 aliphatic carbocycles. The molecule has 2 atom stereocenters. The molecule has 0 aromatic heterocycles. The fourth-order valence-corrected chi connectivity index (χ4v) is 3.52. The van der Waals surface area contributed by atoms with E-state index in [1.807, 2.05) is 0 Å². The first kappa shape index (κ1) is 8.49. The SMILES string of the molecule is CO[C@@H]1CCS(=O)(=O)[C@@H]1Br. The van der Waals surface area contributed by atoms with Crippen molar-refractivity contribution in [3.63, 3.8) is 0 Å². The van der Waals surface area contributed by atoms with Crippen LogP contribution in [0.3, 0.4) is 0 Å². The number of halogens is 1. The fraction of sp³-hybridized carbons (Fsp3) is 1.00. The summed E-state index contributed by atoms with van der Waals surface area (Å²) >= 11 is 3.07. The maximum Gasteiger partial charge on any atom is 0.165 e. The molecular weight excluding hydrogens is 220 g/mol. The van der Waals surface area contributed by atoms with Crippen molar-refractivity contribution in [1.29, 1.82) is 0 Å². The molecule has 0 unspecified atom stereocenters. The monoisotopic (exact) mass is 228 g/mol. The van der Waals surface area contributed by atoms with E-state index in [-0.39, 0.29) is 11.9 Å². The van der Waals surface area contributed by atoms with Gasteiger partial charge in [0.05, 0.1) is 11.9 Å². The first-order valence-electron chi connectivity index (χ1n) is 2.96. The Morgan fingerprint density at radius 2 is 2.20 bits per heavy atom. The molecule has 0 saturated carbocycles. The molecule has 0 aromatic carbocycles. The Morgan fingerprint density at radius 1 is 1.60 bits per heavy atom. The maximum absolute atomic E-state index is 11.0. The van der Waals surface area contributed by atoms with E-state index in [1.54, 1.807) is 0 Å². The minimum Gasteiger partial charge on any atom is -0.379 e. The van der Waals surface area contributed by atoms with E-state index in [0.29, 0.717) is 6.42 Å². The van der Waals surface area contributed by atoms with Crippen molar-refractivity contribution in [2.75, 3.05) is 12.9 Å². The molecule has 1 aliphatic heterocycles. The predicted octanol–water partition coefficient (Wildman–Crippen LogP) is 0.541. The Labute approximate surface area is 68.8 Å². The molecular formula is C5H9BrO3S. The topological polar surface area (TPSA) is 43.4 Å². The normalized spacial score (nSPS) is 38.2. The van der Waals surface area contributed by atoms with E-state index in [2.05, 4.69) is 15.9 Å². The van der Waals surface area contributed by atoms with Gasteiger partial charge in [-0.15, -0.1) is 0 Å². The Kier molecular flexibility index (Phi) is 2.37. The van der Waals surface area contributed by atoms with Crippen molar-refractivity contribution in [2.45, 2.75) is 16.7 Å². The second-order valence-corrected chi connectivity index (χ2v) is 6.12. The van der Waals surface area contributed by atoms with Crippen molar-refractivity contribution >= 4 is 25.8 Å². The summed E-state index contributed by atoms with van der Waals surface area (Å²) in [6.07, 6.45) is 0.444. The zero-order valence-corrected chi connectivity index (χ0v) is 7.98. The third-order valence-corrected chi connectivity index (χ3v) is 5.72. The number of hydrogen-bond acceptors (Lipinski definition) is 3. The summed E-state index contributed by atoms with van der Waals surface area (Å²) in [5.41, 5.74) is 0. The van der Waals surface area contributed by atoms with Gasteiger partial charge in [0.2, 0.25) is 0 Å². The predicted molar refractivity (Wildman–Crippen MR) is 41.9 cm³/mol. The summed E-state index contributed by atoms with van der Waals surface area (Å²) in [4.78, 5) is 0. The van der Waals surface area contributed by atoms with Crippen LogP contribution in [0.5, 0.6) is 0 Å². The van der Waals surface area contributed by atoms with Crippen LogP contribution in [0.2, 0.25) is 0 Å². The van der Waals surface area contributed by atoms with Crippen molar-refractivity contribution in [3.8, 4) is 0 Å². The molecule has 60 valence electrons. The molecule has 0 N–H and O–H groups in total. The molecule has 10 heavy (non-hydrogen) atoms. The Bertz CT molecular complexity index is 211. The molecule has 3 nitrogen and oxygen atoms in total. The molecule has 0 spiro atoms. The average Bonchev–Trinajstić information content (AvgIpc) is 2.10. The smallest absolute Gasteiger partial charge is 0.165 e. The standard InChI is InChI=1S/C5H9BrO3S/c1-9-4-2-3-10(7,8)5(4)6/h4-5H,2-3H2,1H3/t4-,5+/m1/s1. The van der Waals surface area contributed by atoms with Crippen LogP contribution in [-0.4, -0.2) is 31.5 Å². The van der Waals surface area contributed by atoms with Crippen LogP contribution in [0.15, 0.2) is 0 Å². The molecule has 0 radical (unpaired) electrons. The highest BCUT2D eigenvalue weighted by molar-refractivity contribution is 9.11. The van der Waals surface area contributed by atoms with Gasteiger partial charge in [-0.2, -0.15) is 0 Å². The van der Waals surface area contributed by atoms with Crippen molar-refractivity contribution in [2.24, 2.45) is 0 Å². The Hall–Kier alpha value is 0.390. The first-order chi connectivity index (χ1) is 4.58. The zero-order chi connectivity index (χ0) is 7.78. The van der Waals surface area contributed by atoms with E-state index in [1.165, 1.54) is 7.11 Å². The summed E-state index contributed by atoms with van der Waals surface area (Å²) in [7, 11) is -1.37. The van der Waals surface area contributed by atoms with Gasteiger partial charge in [-0.3, -0.25) is 0 Å². The van der Waals surface area contributed by atoms with E-state index < -0.39 is 14.0 Å². The lowest BCUT2D eigenvalue weighted by molar-refractivity contribution is 0.119. The van der Waals surface area contributed by atoms with Gasteiger partial charge < -0.3 is 4.74 Å². The fourth-order valence-electron chi connectivity index (χ4n) is 0.980. The van der Waals surface area contributed by atoms with Crippen LogP contribution < -0.4 is 0 Å². The number of rotatable bonds is 1. The lowest BCUT2D eigenvalue weighted by Gasteiger charge is -2.08. The van der Waals surface area contributed by atoms with Crippen molar-refractivity contribution in [1.82, 2.24) is 0 Å². The quantitative estimate of drug-likeness (QED) is 0.616. The van der Waals surface area contributed by atoms with Crippen LogP contribution in [0.4, 0.5) is 0 Å². The summed E-state index contributed by atoms with van der Waals surface area (Å²) in [5, 5.41) is 0. The molecule has 0 aromatic rings. The summed E-state index contributed by atoms with van der Waals surface area (Å²) < 4.78 is 26.4. The highest BCUT2D eigenvalue weighted by Gasteiger charge is 2.38. The van der Waals surface area contributed by atoms with Crippen LogP contribution >= 0.6 is 15.9 Å². The van der Waals surface area contributed by atoms with Gasteiger partial charge >= 0.3 is 0 Å². The summed E-state index contributed by atoms with van der Waals surface area (Å²) in [6.45, 7) is 0. The lowest BCUT2D eigenvalue weighted by Crippen LogP contribution is -2.20. The average molecular weight is 229 g/mol. The Balaban J connectivity index is 2.77. The second-order valence-electron chi connectivity index (χ2n) is 2.28. The Morgan fingerprint density at radius 3 is 2.40 bits per heavy atom. The molecule has 5 heteroatoms. The van der Waals surface area contributed by atoms with Gasteiger partial charge in [0, 0.05) is 7.11 Å². The number of ether oxygens (including phenoxy) is 1. The molecule has 1 aliphatic rings. The maximum atomic E-state index is 11.0. The highest BCUT2D eigenvalue weighted by atomic mass is 79.9. The van der Waals surface area contributed by atoms with Gasteiger partial charge in [0.15, 0.2) is 9.84 Å². The molecule has 1 rings (SSSR count). The second kappa shape index (κ2) is 2.79. The van der Waals surface area contributed by atoms with E-state index in [0.717, 1.165) is 0 Å². The minimum absolute atomic E-state index is 0.162. The number of sulfone groups is 1. The summed E-state index contributed by atoms with van der Waals surface area (Å²) in [5.74, 6) is 0.238. The third kappa shape index (κ3) is 1.35. The largest absolute Gasteiger partial charge is 0.379 e. The van der Waals surface area contributed by atoms with Gasteiger partial charge in [0.1, 0.15) is 4.16 Å². The number of methoxy groups -OCH3 is 1. The molecule has 1 fully saturated rings. The van der Waals surface area contributed by atoms with Crippen LogP contribution in [0.25, 0.3) is 0 Å². The molecule has 1 heterocycles. The molecule has 1 saturated heterocycles. The first-order valence-corrected chi connectivity index (χ1v) is 5.59. The van der Waals surface area contributed by atoms with Gasteiger partial charge in [-0.25, -0.2) is 8.42 Å². The zero-order valence-electron chi connectivity index (χ0n) is 5.58. The van der Waals surface area contributed by atoms with Crippen LogP contribution in [-0.2, 0) is 14.6 Å². The minimum atomic E-state index is -2.89. The molecule has 0 bridgehead atoms. The van der Waals surface area contributed by atoms with E-state index >= 15 is 0 Å². The third-order valence-electron chi connectivity index (χ3n) is 1.63. The number of hydrogen-bond donors (Lipinski definition) is 0. The van der Waals surface area contributed by atoms with Crippen LogP contribution in [0.1, 0.15) is 6.42 Å². The highest BCUT2D eigenvalue weighted by Crippen LogP contribution is 2.27. The molecule has 0 amide bonds. The van der Waals surface area contributed by atoms with Gasteiger partial charge in [-0.1, -0.05) is 15.9 Å².